The van der Waals surface area contributed by atoms with Crippen LogP contribution in [0.3, 0.4) is 0 Å². The van der Waals surface area contributed by atoms with Gasteiger partial charge in [-0.2, -0.15) is 0 Å². The van der Waals surface area contributed by atoms with Crippen molar-refractivity contribution in [1.29, 1.82) is 0 Å². The molecule has 5 nitrogen and oxygen atoms in total. The molecule has 0 saturated heterocycles. The number of ether oxygens (including phenoxy) is 1. The molecule has 5 heteroatoms. The molecule has 0 heterocycles. The molecule has 0 aromatic carbocycles. The number of hydrogen-bond acceptors (Lipinski definition) is 4. The maximum absolute atomic E-state index is 11.5. The van der Waals surface area contributed by atoms with Gasteiger partial charge < -0.3 is 15.8 Å². The Balaban J connectivity index is 4.42. The number of hydrogen-bond donors (Lipinski definition) is 2. The van der Waals surface area contributed by atoms with Crippen LogP contribution in [0.25, 0.3) is 0 Å². The summed E-state index contributed by atoms with van der Waals surface area (Å²) in [5.41, 5.74) is 5.54. The Morgan fingerprint density at radius 3 is 2.27 bits per heavy atom. The summed E-state index contributed by atoms with van der Waals surface area (Å²) in [4.78, 5) is 22.8. The van der Waals surface area contributed by atoms with Gasteiger partial charge in [0.05, 0.1) is 13.2 Å². The molecular weight excluding hydrogens is 196 g/mol. The van der Waals surface area contributed by atoms with E-state index < -0.39 is 18.1 Å². The molecule has 0 aromatic rings. The third-order valence-corrected chi connectivity index (χ3v) is 2.20. The first kappa shape index (κ1) is 13.9. The van der Waals surface area contributed by atoms with Crippen molar-refractivity contribution >= 4 is 11.9 Å². The van der Waals surface area contributed by atoms with E-state index >= 15 is 0 Å². The van der Waals surface area contributed by atoms with E-state index in [0.717, 1.165) is 0 Å². The Labute approximate surface area is 90.4 Å². The first-order chi connectivity index (χ1) is 6.93. The summed E-state index contributed by atoms with van der Waals surface area (Å²) in [6, 6.07) is -1.20. The van der Waals surface area contributed by atoms with Gasteiger partial charge in [0, 0.05) is 0 Å². The molecule has 2 atom stereocenters. The molecule has 1 unspecified atom stereocenters. The fraction of sp³-hybridized carbons (Fsp3) is 0.800. The molecule has 0 aliphatic rings. The summed E-state index contributed by atoms with van der Waals surface area (Å²) in [6.07, 6.45) is 0.540. The molecule has 0 aliphatic heterocycles. The Morgan fingerprint density at radius 2 is 1.93 bits per heavy atom. The zero-order valence-electron chi connectivity index (χ0n) is 9.74. The quantitative estimate of drug-likeness (QED) is 0.636. The summed E-state index contributed by atoms with van der Waals surface area (Å²) in [7, 11) is 1.30. The normalized spacial score (nSPS) is 14.5. The van der Waals surface area contributed by atoms with Crippen LogP contribution in [0.1, 0.15) is 27.2 Å². The molecule has 0 rings (SSSR count). The number of carbonyl (C=O) groups is 2. The smallest absolute Gasteiger partial charge is 0.328 e. The summed E-state index contributed by atoms with van der Waals surface area (Å²) >= 11 is 0. The van der Waals surface area contributed by atoms with Crippen molar-refractivity contribution in [2.24, 2.45) is 11.7 Å². The largest absolute Gasteiger partial charge is 0.467 e. The second-order valence-electron chi connectivity index (χ2n) is 3.77. The molecule has 0 fully saturated rings. The minimum atomic E-state index is -0.625. The molecule has 1 amide bonds. The second-order valence-corrected chi connectivity index (χ2v) is 3.77. The number of nitrogens with one attached hydrogen (secondary N) is 1. The molecule has 0 aromatic heterocycles. The van der Waals surface area contributed by atoms with Crippen LogP contribution in [0.2, 0.25) is 0 Å². The average molecular weight is 216 g/mol. The van der Waals surface area contributed by atoms with Crippen LogP contribution in [0.4, 0.5) is 0 Å². The highest BCUT2D eigenvalue weighted by atomic mass is 16.5. The highest BCUT2D eigenvalue weighted by molar-refractivity contribution is 5.87. The van der Waals surface area contributed by atoms with Gasteiger partial charge in [0.1, 0.15) is 6.04 Å². The van der Waals surface area contributed by atoms with Crippen LogP contribution in [0, 0.1) is 5.92 Å². The lowest BCUT2D eigenvalue weighted by Gasteiger charge is -2.21. The van der Waals surface area contributed by atoms with Crippen molar-refractivity contribution in [3.8, 4) is 0 Å². The standard InChI is InChI=1S/C10H20N2O3/c1-5-7(11)9(13)12-8(6(2)3)10(14)15-4/h6-8H,5,11H2,1-4H3,(H,12,13)/t7-,8?/m0/s1. The zero-order chi connectivity index (χ0) is 12.0. The summed E-state index contributed by atoms with van der Waals surface area (Å²) in [6.45, 7) is 5.48. The number of nitrogens with two attached hydrogens (primary N) is 1. The van der Waals surface area contributed by atoms with Gasteiger partial charge in [0.25, 0.3) is 0 Å². The summed E-state index contributed by atoms with van der Waals surface area (Å²) in [5, 5.41) is 2.58. The minimum absolute atomic E-state index is 0.0227. The first-order valence-electron chi connectivity index (χ1n) is 5.07. The van der Waals surface area contributed by atoms with E-state index in [1.807, 2.05) is 20.8 Å². The van der Waals surface area contributed by atoms with Crippen molar-refractivity contribution in [2.75, 3.05) is 7.11 Å². The zero-order valence-corrected chi connectivity index (χ0v) is 9.74. The predicted molar refractivity (Wildman–Crippen MR) is 57.1 cm³/mol. The highest BCUT2D eigenvalue weighted by Gasteiger charge is 2.26. The van der Waals surface area contributed by atoms with Gasteiger partial charge in [0.2, 0.25) is 5.91 Å². The predicted octanol–water partition coefficient (Wildman–Crippen LogP) is 0.0375. The van der Waals surface area contributed by atoms with E-state index in [9.17, 15) is 9.59 Å². The van der Waals surface area contributed by atoms with Crippen molar-refractivity contribution in [3.05, 3.63) is 0 Å². The van der Waals surface area contributed by atoms with Crippen molar-refractivity contribution in [1.82, 2.24) is 5.32 Å². The molecule has 0 saturated carbocycles. The van der Waals surface area contributed by atoms with Crippen molar-refractivity contribution in [2.45, 2.75) is 39.3 Å². The molecule has 88 valence electrons. The monoisotopic (exact) mass is 216 g/mol. The van der Waals surface area contributed by atoms with E-state index in [2.05, 4.69) is 10.1 Å². The third-order valence-electron chi connectivity index (χ3n) is 2.20. The maximum atomic E-state index is 11.5. The molecule has 0 radical (unpaired) electrons. The lowest BCUT2D eigenvalue weighted by Crippen LogP contribution is -2.50. The van der Waals surface area contributed by atoms with Crippen LogP contribution in [0.15, 0.2) is 0 Å². The molecule has 0 aliphatic carbocycles. The van der Waals surface area contributed by atoms with Gasteiger partial charge in [-0.05, 0) is 12.3 Å². The fourth-order valence-electron chi connectivity index (χ4n) is 1.07. The van der Waals surface area contributed by atoms with E-state index in [1.165, 1.54) is 7.11 Å². The molecule has 15 heavy (non-hydrogen) atoms. The molecule has 0 bridgehead atoms. The molecule has 3 N–H and O–H groups in total. The number of methoxy groups -OCH3 is 1. The van der Waals surface area contributed by atoms with Crippen molar-refractivity contribution in [3.63, 3.8) is 0 Å². The SMILES string of the molecule is CC[C@H](N)C(=O)NC(C(=O)OC)C(C)C. The lowest BCUT2D eigenvalue weighted by molar-refractivity contribution is -0.146. The average Bonchev–Trinajstić information content (AvgIpc) is 2.22. The summed E-state index contributed by atoms with van der Waals surface area (Å²) < 4.78 is 4.59. The Hall–Kier alpha value is -1.10. The second kappa shape index (κ2) is 6.40. The number of esters is 1. The van der Waals surface area contributed by atoms with Gasteiger partial charge in [-0.25, -0.2) is 4.79 Å². The van der Waals surface area contributed by atoms with Gasteiger partial charge >= 0.3 is 5.97 Å². The van der Waals surface area contributed by atoms with Gasteiger partial charge in [-0.3, -0.25) is 4.79 Å². The van der Waals surface area contributed by atoms with E-state index in [-0.39, 0.29) is 11.8 Å². The Bertz CT molecular complexity index is 229. The van der Waals surface area contributed by atoms with Gasteiger partial charge in [0.15, 0.2) is 0 Å². The van der Waals surface area contributed by atoms with Crippen LogP contribution in [0.5, 0.6) is 0 Å². The van der Waals surface area contributed by atoms with Crippen LogP contribution < -0.4 is 11.1 Å². The van der Waals surface area contributed by atoms with E-state index in [0.29, 0.717) is 6.42 Å². The third kappa shape index (κ3) is 4.29. The van der Waals surface area contributed by atoms with Gasteiger partial charge in [-0.15, -0.1) is 0 Å². The van der Waals surface area contributed by atoms with Crippen LogP contribution in [-0.4, -0.2) is 31.1 Å². The lowest BCUT2D eigenvalue weighted by atomic mass is 10.0. The highest BCUT2D eigenvalue weighted by Crippen LogP contribution is 2.04. The first-order valence-corrected chi connectivity index (χ1v) is 5.07. The maximum Gasteiger partial charge on any atom is 0.328 e. The summed E-state index contributed by atoms with van der Waals surface area (Å²) in [5.74, 6) is -0.784. The van der Waals surface area contributed by atoms with Crippen molar-refractivity contribution < 1.29 is 14.3 Å². The number of amides is 1. The minimum Gasteiger partial charge on any atom is -0.467 e. The Kier molecular flexibility index (Phi) is 5.93. The number of carbonyl (C=O) groups excluding carboxylic acids is 2. The Morgan fingerprint density at radius 1 is 1.40 bits per heavy atom. The topological polar surface area (TPSA) is 81.4 Å². The number of rotatable bonds is 5. The van der Waals surface area contributed by atoms with Gasteiger partial charge in [-0.1, -0.05) is 20.8 Å². The van der Waals surface area contributed by atoms with Crippen LogP contribution >= 0.6 is 0 Å². The molecule has 0 spiro atoms. The fourth-order valence-corrected chi connectivity index (χ4v) is 1.07. The molecular formula is C10H20N2O3. The van der Waals surface area contributed by atoms with E-state index in [4.69, 9.17) is 5.73 Å². The van der Waals surface area contributed by atoms with E-state index in [1.54, 1.807) is 0 Å². The van der Waals surface area contributed by atoms with Crippen LogP contribution in [-0.2, 0) is 14.3 Å².